The number of nitrogens with two attached hydrogens (primary N) is 1. The highest BCUT2D eigenvalue weighted by Crippen LogP contribution is 2.62. The molecule has 54 heavy (non-hydrogen) atoms. The summed E-state index contributed by atoms with van der Waals surface area (Å²) < 4.78 is 0.873. The Morgan fingerprint density at radius 1 is 0.981 bits per heavy atom. The first-order valence-corrected chi connectivity index (χ1v) is 19.0. The summed E-state index contributed by atoms with van der Waals surface area (Å²) in [7, 11) is 1.83. The second-order valence-electron chi connectivity index (χ2n) is 16.6. The summed E-state index contributed by atoms with van der Waals surface area (Å²) in [5, 5.41) is 15.3. The molecular weight excluding hydrogens is 699 g/mol. The molecule has 2 aliphatic rings. The monoisotopic (exact) mass is 745 g/mol. The molecule has 2 fully saturated rings. The van der Waals surface area contributed by atoms with Crippen LogP contribution in [-0.2, 0) is 4.84 Å². The topological polar surface area (TPSA) is 165 Å². The van der Waals surface area contributed by atoms with Gasteiger partial charge in [0.2, 0.25) is 0 Å². The fourth-order valence-electron chi connectivity index (χ4n) is 9.97. The van der Waals surface area contributed by atoms with Crippen LogP contribution in [0.15, 0.2) is 78.1 Å². The summed E-state index contributed by atoms with van der Waals surface area (Å²) >= 11 is 1.35. The standard InChI is InChI=1S/C42H47N7O4S/c1-25(46-24-41(5)21-40(4)19-39(2,3)20-42(22-40,23-41)53-44-6)31(18-43)28-14-15-32(47-34(28)37(51)52)27-13-12-26-9-7-10-29(30(26)17-27)36(50)49-38-48-35-33(54-38)11-8-16-45-35/h7-18,44H,19-24,43H2,1-6H3,(H,51,52)(H,45,48,49,50). The number of carboxylic acid groups (broad SMARTS) is 1. The first-order valence-electron chi connectivity index (χ1n) is 18.2. The van der Waals surface area contributed by atoms with Crippen LogP contribution in [0.3, 0.4) is 0 Å². The number of aromatic carboxylic acids is 1. The minimum absolute atomic E-state index is 0.110. The van der Waals surface area contributed by atoms with Gasteiger partial charge in [0, 0.05) is 54.0 Å². The first kappa shape index (κ1) is 37.3. The van der Waals surface area contributed by atoms with Crippen molar-refractivity contribution in [3.63, 3.8) is 0 Å². The van der Waals surface area contributed by atoms with Crippen LogP contribution in [0.1, 0.15) is 93.1 Å². The number of fused-ring (bicyclic) bond motifs is 4. The molecule has 3 aromatic heterocycles. The number of allylic oxidation sites excluding steroid dienone is 1. The number of benzene rings is 2. The fourth-order valence-corrected chi connectivity index (χ4v) is 10.8. The Balaban J connectivity index is 1.16. The molecule has 3 unspecified atom stereocenters. The maximum Gasteiger partial charge on any atom is 0.355 e. The highest BCUT2D eigenvalue weighted by atomic mass is 32.1. The van der Waals surface area contributed by atoms with Crippen LogP contribution in [0, 0.1) is 16.2 Å². The molecule has 5 aromatic rings. The summed E-state index contributed by atoms with van der Waals surface area (Å²) in [5.41, 5.74) is 12.6. The Morgan fingerprint density at radius 3 is 2.54 bits per heavy atom. The van der Waals surface area contributed by atoms with E-state index in [1.165, 1.54) is 17.5 Å². The molecule has 3 heterocycles. The number of hydroxylamine groups is 1. The maximum absolute atomic E-state index is 13.5. The van der Waals surface area contributed by atoms with Crippen molar-refractivity contribution in [3.05, 3.63) is 89.9 Å². The molecule has 5 N–H and O–H groups in total. The number of aliphatic imine (C=N–C) groups is 1. The lowest BCUT2D eigenvalue weighted by atomic mass is 9.48. The van der Waals surface area contributed by atoms with Gasteiger partial charge < -0.3 is 10.8 Å². The van der Waals surface area contributed by atoms with Gasteiger partial charge in [0.25, 0.3) is 5.91 Å². The van der Waals surface area contributed by atoms with E-state index in [2.05, 4.69) is 53.4 Å². The number of carboxylic acids is 1. The van der Waals surface area contributed by atoms with E-state index < -0.39 is 5.97 Å². The lowest BCUT2D eigenvalue weighted by Crippen LogP contribution is -2.58. The molecule has 11 nitrogen and oxygen atoms in total. The summed E-state index contributed by atoms with van der Waals surface area (Å²) in [6, 6.07) is 18.4. The Kier molecular flexibility index (Phi) is 9.66. The number of rotatable bonds is 10. The highest BCUT2D eigenvalue weighted by molar-refractivity contribution is 7.22. The molecule has 3 atom stereocenters. The first-order chi connectivity index (χ1) is 25.6. The van der Waals surface area contributed by atoms with Crippen molar-refractivity contribution >= 4 is 60.7 Å². The predicted octanol–water partition coefficient (Wildman–Crippen LogP) is 8.52. The zero-order chi connectivity index (χ0) is 38.5. The van der Waals surface area contributed by atoms with Crippen molar-refractivity contribution in [1.29, 1.82) is 0 Å². The van der Waals surface area contributed by atoms with Gasteiger partial charge in [-0.2, -0.15) is 4.98 Å². The van der Waals surface area contributed by atoms with E-state index in [9.17, 15) is 14.7 Å². The average molecular weight is 746 g/mol. The Hall–Kier alpha value is -5.04. The fraction of sp³-hybridized carbons (Fsp3) is 0.381. The van der Waals surface area contributed by atoms with E-state index in [0.29, 0.717) is 56.4 Å². The zero-order valence-electron chi connectivity index (χ0n) is 31.6. The van der Waals surface area contributed by atoms with Crippen LogP contribution < -0.4 is 16.5 Å². The van der Waals surface area contributed by atoms with Gasteiger partial charge in [0.1, 0.15) is 0 Å². The van der Waals surface area contributed by atoms with E-state index >= 15 is 0 Å². The van der Waals surface area contributed by atoms with Crippen molar-refractivity contribution in [1.82, 2.24) is 20.4 Å². The average Bonchev–Trinajstić information content (AvgIpc) is 3.51. The summed E-state index contributed by atoms with van der Waals surface area (Å²) in [6.07, 6.45) is 8.05. The number of nitrogens with zero attached hydrogens (tertiary/aromatic N) is 4. The highest BCUT2D eigenvalue weighted by Gasteiger charge is 2.58. The number of carbonyl (C=O) groups is 2. The van der Waals surface area contributed by atoms with Crippen LogP contribution in [0.25, 0.3) is 38.0 Å². The molecule has 0 aliphatic heterocycles. The second-order valence-corrected chi connectivity index (χ2v) is 17.6. The molecular formula is C42H47N7O4S. The SMILES string of the molecule is CNOC12CC(C)(C)CC(C)(CC(C)(CN=C(C)C(=CN)c3ccc(-c4ccc5cccc(C(=O)Nc6nc7ncccc7s6)c5c4)nc3C(=O)O)C1)C2. The van der Waals surface area contributed by atoms with E-state index in [0.717, 1.165) is 42.2 Å². The number of thiazole rings is 1. The van der Waals surface area contributed by atoms with Crippen molar-refractivity contribution in [2.45, 2.75) is 72.3 Å². The molecule has 2 saturated carbocycles. The second kappa shape index (κ2) is 14.0. The number of nitrogens with one attached hydrogen (secondary N) is 2. The number of carbonyl (C=O) groups excluding carboxylic acids is 1. The Bertz CT molecular complexity index is 2310. The largest absolute Gasteiger partial charge is 0.476 e. The summed E-state index contributed by atoms with van der Waals surface area (Å²) in [5.74, 6) is -1.49. The molecule has 7 rings (SSSR count). The Morgan fingerprint density at radius 2 is 1.80 bits per heavy atom. The van der Waals surface area contributed by atoms with Crippen molar-refractivity contribution < 1.29 is 19.5 Å². The van der Waals surface area contributed by atoms with Crippen molar-refractivity contribution in [2.75, 3.05) is 18.9 Å². The number of hydrogen-bond donors (Lipinski definition) is 4. The van der Waals surface area contributed by atoms with Gasteiger partial charge in [0.05, 0.1) is 16.0 Å². The molecule has 12 heteroatoms. The van der Waals surface area contributed by atoms with E-state index in [-0.39, 0.29) is 33.4 Å². The minimum Gasteiger partial charge on any atom is -0.476 e. The summed E-state index contributed by atoms with van der Waals surface area (Å²) in [6.45, 7) is 11.8. The zero-order valence-corrected chi connectivity index (χ0v) is 32.4. The van der Waals surface area contributed by atoms with E-state index in [1.54, 1.807) is 24.4 Å². The van der Waals surface area contributed by atoms with E-state index in [4.69, 9.17) is 15.6 Å². The molecule has 0 spiro atoms. The van der Waals surface area contributed by atoms with Gasteiger partial charge in [-0.15, -0.1) is 0 Å². The number of pyridine rings is 2. The third kappa shape index (κ3) is 7.38. The smallest absolute Gasteiger partial charge is 0.355 e. The lowest BCUT2D eigenvalue weighted by molar-refractivity contribution is -0.214. The van der Waals surface area contributed by atoms with Gasteiger partial charge in [0.15, 0.2) is 16.5 Å². The Labute approximate surface area is 319 Å². The molecule has 2 bridgehead atoms. The maximum atomic E-state index is 13.5. The van der Waals surface area contributed by atoms with Gasteiger partial charge >= 0.3 is 5.97 Å². The number of hydrogen-bond acceptors (Lipinski definition) is 10. The molecule has 0 radical (unpaired) electrons. The number of anilines is 1. The van der Waals surface area contributed by atoms with Gasteiger partial charge in [-0.25, -0.2) is 20.2 Å². The molecule has 0 saturated heterocycles. The number of amides is 1. The lowest BCUT2D eigenvalue weighted by Gasteiger charge is -2.60. The quantitative estimate of drug-likeness (QED) is 0.0810. The van der Waals surface area contributed by atoms with Crippen molar-refractivity contribution in [3.8, 4) is 11.3 Å². The van der Waals surface area contributed by atoms with Crippen LogP contribution in [-0.4, -0.2) is 56.8 Å². The van der Waals surface area contributed by atoms with Gasteiger partial charge in [-0.05, 0) is 102 Å². The van der Waals surface area contributed by atoms with Gasteiger partial charge in [-0.1, -0.05) is 63.3 Å². The predicted molar refractivity (Wildman–Crippen MR) is 216 cm³/mol. The molecule has 2 aromatic carbocycles. The number of aromatic nitrogens is 3. The van der Waals surface area contributed by atoms with Crippen molar-refractivity contribution in [2.24, 2.45) is 27.0 Å². The summed E-state index contributed by atoms with van der Waals surface area (Å²) in [4.78, 5) is 51.0. The minimum atomic E-state index is -1.18. The van der Waals surface area contributed by atoms with Crippen LogP contribution >= 0.6 is 11.3 Å². The van der Waals surface area contributed by atoms with Crippen LogP contribution in [0.4, 0.5) is 5.13 Å². The molecule has 280 valence electrons. The van der Waals surface area contributed by atoms with Crippen LogP contribution in [0.2, 0.25) is 0 Å². The van der Waals surface area contributed by atoms with Gasteiger partial charge in [-0.3, -0.25) is 19.9 Å². The molecule has 2 aliphatic carbocycles. The van der Waals surface area contributed by atoms with Crippen LogP contribution in [0.5, 0.6) is 0 Å². The third-order valence-corrected chi connectivity index (χ3v) is 11.8. The normalized spacial score (nSPS) is 24.1. The molecule has 1 amide bonds. The third-order valence-electron chi connectivity index (χ3n) is 10.8. The van der Waals surface area contributed by atoms with E-state index in [1.807, 2.05) is 56.4 Å².